The second-order valence-corrected chi connectivity index (χ2v) is 14.0. The van der Waals surface area contributed by atoms with Crippen LogP contribution in [-0.2, 0) is 42.6 Å². The summed E-state index contributed by atoms with van der Waals surface area (Å²) in [4.78, 5) is 0. The molecule has 18 unspecified atom stereocenters. The molecule has 0 spiro atoms. The van der Waals surface area contributed by atoms with Crippen molar-refractivity contribution in [1.29, 1.82) is 0 Å². The maximum Gasteiger partial charge on any atom is 0.187 e. The Balaban J connectivity index is 1.29. The van der Waals surface area contributed by atoms with Crippen molar-refractivity contribution in [2.45, 2.75) is 153 Å². The van der Waals surface area contributed by atoms with Gasteiger partial charge in [0.05, 0.1) is 39.1 Å². The highest BCUT2D eigenvalue weighted by Crippen LogP contribution is 2.35. The van der Waals surface area contributed by atoms with Gasteiger partial charge >= 0.3 is 0 Å². The van der Waals surface area contributed by atoms with Crippen molar-refractivity contribution >= 4 is 0 Å². The Hall–Kier alpha value is -1.04. The first-order valence-electron chi connectivity index (χ1n) is 17.7. The van der Waals surface area contributed by atoms with E-state index >= 15 is 0 Å². The maximum atomic E-state index is 11.3. The molecule has 0 bridgehead atoms. The van der Waals surface area contributed by atoms with Crippen LogP contribution in [0.25, 0.3) is 0 Å². The van der Waals surface area contributed by atoms with Crippen LogP contribution in [0.1, 0.15) is 0 Å². The summed E-state index contributed by atoms with van der Waals surface area (Å²) in [5.41, 5.74) is 6.22. The molecule has 26 nitrogen and oxygen atoms in total. The first-order chi connectivity index (χ1) is 26.5. The molecule has 0 aromatic heterocycles. The molecule has 5 fully saturated rings. The normalized spacial score (nSPS) is 53.2. The van der Waals surface area contributed by atoms with Crippen molar-refractivity contribution in [1.82, 2.24) is 0 Å². The highest BCUT2D eigenvalue weighted by atomic mass is 16.8. The van der Waals surface area contributed by atoms with Crippen LogP contribution in [0.3, 0.4) is 0 Å². The lowest BCUT2D eigenvalue weighted by Gasteiger charge is -2.49. The van der Waals surface area contributed by atoms with E-state index in [0.717, 1.165) is 0 Å². The zero-order valence-corrected chi connectivity index (χ0v) is 29.4. The monoisotopic (exact) mass is 827 g/mol. The Labute approximate surface area is 316 Å². The van der Waals surface area contributed by atoms with Gasteiger partial charge in [-0.3, -0.25) is 0 Å². The average molecular weight is 828 g/mol. The van der Waals surface area contributed by atoms with Crippen LogP contribution in [-0.4, -0.2) is 268 Å². The molecule has 5 heterocycles. The molecule has 56 heavy (non-hydrogen) atoms. The molecule has 5 saturated heterocycles. The summed E-state index contributed by atoms with van der Waals surface area (Å²) >= 11 is 0. The second kappa shape index (κ2) is 19.6. The molecule has 0 radical (unpaired) electrons. The molecular formula is C30H53NO25. The summed E-state index contributed by atoms with van der Waals surface area (Å²) in [5, 5.41) is 166. The van der Waals surface area contributed by atoms with Gasteiger partial charge in [-0.2, -0.15) is 0 Å². The average Bonchev–Trinajstić information content (AvgIpc) is 3.19. The quantitative estimate of drug-likeness (QED) is 0.0819. The molecule has 0 aromatic carbocycles. The lowest BCUT2D eigenvalue weighted by atomic mass is 9.94. The van der Waals surface area contributed by atoms with E-state index in [4.69, 9.17) is 48.4 Å². The van der Waals surface area contributed by atoms with Gasteiger partial charge in [-0.1, -0.05) is 0 Å². The first kappa shape index (κ1) is 46.0. The molecule has 0 saturated carbocycles. The van der Waals surface area contributed by atoms with Crippen molar-refractivity contribution in [2.75, 3.05) is 33.0 Å². The van der Waals surface area contributed by atoms with E-state index in [-0.39, 0.29) is 0 Å². The zero-order valence-electron chi connectivity index (χ0n) is 29.4. The van der Waals surface area contributed by atoms with E-state index in [1.807, 2.05) is 0 Å². The summed E-state index contributed by atoms with van der Waals surface area (Å²) in [6.07, 6.45) is -43.1. The largest absolute Gasteiger partial charge is 0.394 e. The van der Waals surface area contributed by atoms with Crippen molar-refractivity contribution in [3.63, 3.8) is 0 Å². The number of rotatable bonds is 13. The summed E-state index contributed by atoms with van der Waals surface area (Å²) in [7, 11) is 0. The van der Waals surface area contributed by atoms with Gasteiger partial charge in [-0.15, -0.1) is 0 Å². The zero-order chi connectivity index (χ0) is 41.3. The van der Waals surface area contributed by atoms with Crippen LogP contribution >= 0.6 is 0 Å². The SMILES string of the molecule is NC1C(O)[C@@H](OC2OC(CO)[C@@H](O)C(OC3OC(CO)[C@@H](O)C(O)C3O)C2O)C(CO)O[C@H]1OC1C(O)[C@H](O[C@@H]2C(CO)OC(O)C(O)C2O)OC(CO)[C@@H]1O. The van der Waals surface area contributed by atoms with E-state index < -0.39 is 187 Å². The van der Waals surface area contributed by atoms with Crippen LogP contribution in [0.2, 0.25) is 0 Å². The van der Waals surface area contributed by atoms with Gasteiger partial charge in [-0.05, 0) is 0 Å². The summed E-state index contributed by atoms with van der Waals surface area (Å²) in [5.74, 6) is 0. The van der Waals surface area contributed by atoms with Crippen molar-refractivity contribution in [3.8, 4) is 0 Å². The molecule has 18 N–H and O–H groups in total. The molecular weight excluding hydrogens is 774 g/mol. The van der Waals surface area contributed by atoms with E-state index in [1.54, 1.807) is 0 Å². The molecule has 5 aliphatic heterocycles. The van der Waals surface area contributed by atoms with Gasteiger partial charge in [-0.25, -0.2) is 0 Å². The van der Waals surface area contributed by atoms with Crippen molar-refractivity contribution in [3.05, 3.63) is 0 Å². The fourth-order valence-electron chi connectivity index (χ4n) is 7.07. The van der Waals surface area contributed by atoms with Gasteiger partial charge in [0.15, 0.2) is 31.5 Å². The number of hydrogen-bond donors (Lipinski definition) is 17. The number of nitrogens with two attached hydrogens (primary N) is 1. The molecule has 0 amide bonds. The van der Waals surface area contributed by atoms with Crippen molar-refractivity contribution < 1.29 is 124 Å². The minimum absolute atomic E-state index is 0.827. The molecule has 0 aromatic rings. The fraction of sp³-hybridized carbons (Fsp3) is 1.00. The smallest absolute Gasteiger partial charge is 0.187 e. The predicted molar refractivity (Wildman–Crippen MR) is 168 cm³/mol. The van der Waals surface area contributed by atoms with Crippen LogP contribution in [0.5, 0.6) is 0 Å². The third-order valence-corrected chi connectivity index (χ3v) is 10.4. The van der Waals surface area contributed by atoms with Crippen LogP contribution in [0, 0.1) is 0 Å². The van der Waals surface area contributed by atoms with E-state index in [2.05, 4.69) is 0 Å². The highest BCUT2D eigenvalue weighted by molar-refractivity contribution is 4.99. The van der Waals surface area contributed by atoms with E-state index in [9.17, 15) is 81.7 Å². The number of aliphatic hydroxyl groups is 16. The van der Waals surface area contributed by atoms with Crippen LogP contribution < -0.4 is 5.73 Å². The molecule has 25 atom stereocenters. The summed E-state index contributed by atoms with van der Waals surface area (Å²) in [6.45, 7) is -4.42. The summed E-state index contributed by atoms with van der Waals surface area (Å²) < 4.78 is 49.6. The number of hydrogen-bond acceptors (Lipinski definition) is 26. The topological polar surface area (TPSA) is 433 Å². The van der Waals surface area contributed by atoms with Gasteiger partial charge in [0.25, 0.3) is 0 Å². The number of aliphatic hydroxyl groups excluding tert-OH is 16. The molecule has 5 aliphatic rings. The third kappa shape index (κ3) is 9.16. The Morgan fingerprint density at radius 3 is 1.14 bits per heavy atom. The second-order valence-electron chi connectivity index (χ2n) is 14.0. The maximum absolute atomic E-state index is 11.3. The van der Waals surface area contributed by atoms with Crippen LogP contribution in [0.4, 0.5) is 0 Å². The lowest BCUT2D eigenvalue weighted by Crippen LogP contribution is -2.69. The minimum Gasteiger partial charge on any atom is -0.394 e. The van der Waals surface area contributed by atoms with Gasteiger partial charge < -0.3 is 130 Å². The third-order valence-electron chi connectivity index (χ3n) is 10.4. The molecule has 328 valence electrons. The highest BCUT2D eigenvalue weighted by Gasteiger charge is 2.56. The molecule has 0 aliphatic carbocycles. The Morgan fingerprint density at radius 2 is 0.679 bits per heavy atom. The number of ether oxygens (including phenoxy) is 9. The van der Waals surface area contributed by atoms with Crippen LogP contribution in [0.15, 0.2) is 0 Å². The van der Waals surface area contributed by atoms with Crippen molar-refractivity contribution in [2.24, 2.45) is 5.73 Å². The Morgan fingerprint density at radius 1 is 0.321 bits per heavy atom. The summed E-state index contributed by atoms with van der Waals surface area (Å²) in [6, 6.07) is -1.66. The van der Waals surface area contributed by atoms with Gasteiger partial charge in [0.1, 0.15) is 116 Å². The van der Waals surface area contributed by atoms with Gasteiger partial charge in [0.2, 0.25) is 0 Å². The van der Waals surface area contributed by atoms with E-state index in [1.165, 1.54) is 0 Å². The first-order valence-corrected chi connectivity index (χ1v) is 17.7. The minimum atomic E-state index is -2.04. The predicted octanol–water partition coefficient (Wildman–Crippen LogP) is -12.0. The molecule has 5 rings (SSSR count). The molecule has 26 heteroatoms. The fourth-order valence-corrected chi connectivity index (χ4v) is 7.07. The van der Waals surface area contributed by atoms with E-state index in [0.29, 0.717) is 0 Å². The lowest BCUT2D eigenvalue weighted by molar-refractivity contribution is -0.385. The Bertz CT molecular complexity index is 1210. The van der Waals surface area contributed by atoms with Gasteiger partial charge in [0, 0.05) is 0 Å². The standard InChI is InChI=1S/C30H53NO25/c31-11-15(40)22(53-29-21(46)25(14(39)8(3-34)50-29)56-28-19(44)16(41)12(37)6(1-32)49-28)10(5-36)52-27(11)55-24-13(38)7(2-33)51-30(20(24)45)54-23-9(4-35)48-26(47)18(43)17(23)42/h6-30,32-47H,1-5,31H2/t6?,7?,8?,9?,10?,11?,12-,13+,14-,15?,16?,17?,18?,19?,20?,21?,22+,23-,24?,25?,26?,27+,28?,29?,30+/m1/s1. The Kier molecular flexibility index (Phi) is 16.1.